The summed E-state index contributed by atoms with van der Waals surface area (Å²) in [6, 6.07) is 14.3. The zero-order valence-corrected chi connectivity index (χ0v) is 17.7. The highest BCUT2D eigenvalue weighted by molar-refractivity contribution is 5.90. The highest BCUT2D eigenvalue weighted by atomic mass is 19.1. The minimum atomic E-state index is -0.444. The Labute approximate surface area is 186 Å². The lowest BCUT2D eigenvalue weighted by Crippen LogP contribution is -2.37. The van der Waals surface area contributed by atoms with Gasteiger partial charge in [-0.3, -0.25) is 4.90 Å². The van der Waals surface area contributed by atoms with Gasteiger partial charge in [0.1, 0.15) is 17.8 Å². The highest BCUT2D eigenvalue weighted by Crippen LogP contribution is 2.33. The molecule has 4 aromatic rings. The van der Waals surface area contributed by atoms with Crippen molar-refractivity contribution in [3.05, 3.63) is 79.5 Å². The van der Waals surface area contributed by atoms with Gasteiger partial charge in [0, 0.05) is 24.8 Å². The predicted molar refractivity (Wildman–Crippen MR) is 122 cm³/mol. The van der Waals surface area contributed by atoms with Crippen LogP contribution in [0.25, 0.3) is 22.3 Å². The number of para-hydroxylation sites is 1. The average molecular weight is 429 g/mol. The van der Waals surface area contributed by atoms with E-state index in [0.29, 0.717) is 17.0 Å². The molecule has 0 N–H and O–H groups in total. The molecule has 1 atom stereocenters. The van der Waals surface area contributed by atoms with E-state index in [1.807, 2.05) is 35.0 Å². The maximum Gasteiger partial charge on any atom is 0.166 e. The minimum Gasteiger partial charge on any atom is -0.454 e. The molecule has 0 aliphatic carbocycles. The predicted octanol–water partition coefficient (Wildman–Crippen LogP) is 5.25. The smallest absolute Gasteiger partial charge is 0.166 e. The van der Waals surface area contributed by atoms with Crippen LogP contribution in [-0.2, 0) is 0 Å². The van der Waals surface area contributed by atoms with Gasteiger partial charge in [0.25, 0.3) is 0 Å². The third kappa shape index (κ3) is 3.99. The number of likely N-dealkylation sites (tertiary alicyclic amines) is 1. The lowest BCUT2D eigenvalue weighted by atomic mass is 10.1. The summed E-state index contributed by atoms with van der Waals surface area (Å²) in [4.78, 5) is 11.1. The Kier molecular flexibility index (Phi) is 5.64. The van der Waals surface area contributed by atoms with Gasteiger partial charge in [0.15, 0.2) is 17.2 Å². The van der Waals surface area contributed by atoms with Crippen LogP contribution in [0.1, 0.15) is 18.9 Å². The molecule has 0 radical (unpaired) electrons. The number of benzene rings is 2. The molecule has 1 aliphatic heterocycles. The Morgan fingerprint density at radius 2 is 2.06 bits per heavy atom. The molecule has 1 aliphatic rings. The Balaban J connectivity index is 1.49. The summed E-state index contributed by atoms with van der Waals surface area (Å²) in [5.41, 5.74) is 2.11. The van der Waals surface area contributed by atoms with Crippen LogP contribution in [0.15, 0.2) is 73.7 Å². The van der Waals surface area contributed by atoms with E-state index in [-0.39, 0.29) is 11.8 Å². The number of halogens is 1. The summed E-state index contributed by atoms with van der Waals surface area (Å²) in [7, 11) is 0. The molecule has 7 heteroatoms. The molecular formula is C25H24FN5O. The normalized spacial score (nSPS) is 16.8. The third-order valence-corrected chi connectivity index (χ3v) is 5.76. The number of rotatable bonds is 6. The van der Waals surface area contributed by atoms with Gasteiger partial charge in [0.05, 0.1) is 11.4 Å². The van der Waals surface area contributed by atoms with Crippen molar-refractivity contribution in [2.75, 3.05) is 19.6 Å². The topological polar surface area (TPSA) is 56.1 Å². The first-order chi connectivity index (χ1) is 15.7. The van der Waals surface area contributed by atoms with Gasteiger partial charge in [-0.2, -0.15) is 5.10 Å². The first-order valence-electron chi connectivity index (χ1n) is 10.8. The quantitative estimate of drug-likeness (QED) is 0.392. The number of nitrogens with zero attached hydrogens (tertiary/aromatic N) is 5. The van der Waals surface area contributed by atoms with Crippen molar-refractivity contribution < 1.29 is 9.13 Å². The van der Waals surface area contributed by atoms with Crippen molar-refractivity contribution >= 4 is 11.0 Å². The standard InChI is InChI=1S/C25H24FN5O/c1-2-12-30-13-6-7-19(16-30)31-25-21(15-27-17-28-25)24(29-31)18-10-11-23(22(26)14-18)32-20-8-4-3-5-9-20/h2-5,8-11,14-15,17,19H,1,6-7,12-13,16H2/t19-/m1/s1. The van der Waals surface area contributed by atoms with Gasteiger partial charge < -0.3 is 4.74 Å². The van der Waals surface area contributed by atoms with Crippen LogP contribution in [0, 0.1) is 5.82 Å². The largest absolute Gasteiger partial charge is 0.454 e. The highest BCUT2D eigenvalue weighted by Gasteiger charge is 2.25. The van der Waals surface area contributed by atoms with Crippen LogP contribution in [0.5, 0.6) is 11.5 Å². The molecule has 0 unspecified atom stereocenters. The molecule has 0 spiro atoms. The summed E-state index contributed by atoms with van der Waals surface area (Å²) in [6.45, 7) is 6.64. The zero-order valence-electron chi connectivity index (χ0n) is 17.7. The van der Waals surface area contributed by atoms with Crippen molar-refractivity contribution in [2.24, 2.45) is 0 Å². The summed E-state index contributed by atoms with van der Waals surface area (Å²) in [5, 5.41) is 5.70. The molecule has 1 saturated heterocycles. The van der Waals surface area contributed by atoms with E-state index >= 15 is 0 Å². The number of piperidine rings is 1. The molecule has 32 heavy (non-hydrogen) atoms. The van der Waals surface area contributed by atoms with Crippen LogP contribution in [-0.4, -0.2) is 44.3 Å². The fourth-order valence-electron chi connectivity index (χ4n) is 4.28. The first kappa shape index (κ1) is 20.3. The van der Waals surface area contributed by atoms with E-state index in [0.717, 1.165) is 43.5 Å². The molecule has 0 saturated carbocycles. The lowest BCUT2D eigenvalue weighted by molar-refractivity contribution is 0.188. The number of hydrogen-bond acceptors (Lipinski definition) is 5. The molecule has 2 aromatic heterocycles. The first-order valence-corrected chi connectivity index (χ1v) is 10.8. The Morgan fingerprint density at radius 1 is 1.19 bits per heavy atom. The summed E-state index contributed by atoms with van der Waals surface area (Å²) < 4.78 is 22.6. The Bertz CT molecular complexity index is 1240. The van der Waals surface area contributed by atoms with Gasteiger partial charge in [-0.15, -0.1) is 6.58 Å². The van der Waals surface area contributed by atoms with Crippen LogP contribution < -0.4 is 4.74 Å². The van der Waals surface area contributed by atoms with E-state index in [1.54, 1.807) is 24.4 Å². The van der Waals surface area contributed by atoms with Crippen molar-refractivity contribution in [1.82, 2.24) is 24.6 Å². The second kappa shape index (κ2) is 8.88. The summed E-state index contributed by atoms with van der Waals surface area (Å²) in [6.07, 6.45) is 7.31. The van der Waals surface area contributed by atoms with E-state index in [1.165, 1.54) is 12.4 Å². The monoisotopic (exact) mass is 429 g/mol. The summed E-state index contributed by atoms with van der Waals surface area (Å²) >= 11 is 0. The second-order valence-corrected chi connectivity index (χ2v) is 7.96. The maximum atomic E-state index is 14.9. The number of fused-ring (bicyclic) bond motifs is 1. The van der Waals surface area contributed by atoms with Gasteiger partial charge >= 0.3 is 0 Å². The molecule has 2 aromatic carbocycles. The molecule has 3 heterocycles. The van der Waals surface area contributed by atoms with E-state index in [9.17, 15) is 4.39 Å². The van der Waals surface area contributed by atoms with Crippen LogP contribution >= 0.6 is 0 Å². The van der Waals surface area contributed by atoms with Gasteiger partial charge in [0.2, 0.25) is 0 Å². The van der Waals surface area contributed by atoms with Gasteiger partial charge in [-0.25, -0.2) is 19.0 Å². The van der Waals surface area contributed by atoms with Crippen molar-refractivity contribution in [3.8, 4) is 22.8 Å². The average Bonchev–Trinajstić information content (AvgIpc) is 3.21. The zero-order chi connectivity index (χ0) is 21.9. The van der Waals surface area contributed by atoms with Gasteiger partial charge in [-0.05, 0) is 49.7 Å². The van der Waals surface area contributed by atoms with Crippen LogP contribution in [0.4, 0.5) is 4.39 Å². The SMILES string of the molecule is C=CCN1CCC[C@@H](n2nc(-c3ccc(Oc4ccccc4)c(F)c3)c3cncnc32)C1. The fourth-order valence-corrected chi connectivity index (χ4v) is 4.28. The fraction of sp³-hybridized carbons (Fsp3) is 0.240. The van der Waals surface area contributed by atoms with Crippen LogP contribution in [0.3, 0.4) is 0 Å². The maximum absolute atomic E-state index is 14.9. The number of ether oxygens (including phenoxy) is 1. The van der Waals surface area contributed by atoms with Gasteiger partial charge in [-0.1, -0.05) is 24.3 Å². The molecule has 5 rings (SSSR count). The van der Waals surface area contributed by atoms with E-state index in [2.05, 4.69) is 21.4 Å². The molecule has 0 amide bonds. The lowest BCUT2D eigenvalue weighted by Gasteiger charge is -2.32. The molecular weight excluding hydrogens is 405 g/mol. The van der Waals surface area contributed by atoms with E-state index < -0.39 is 5.82 Å². The van der Waals surface area contributed by atoms with Crippen molar-refractivity contribution in [1.29, 1.82) is 0 Å². The number of aromatic nitrogens is 4. The van der Waals surface area contributed by atoms with E-state index in [4.69, 9.17) is 9.84 Å². The second-order valence-electron chi connectivity index (χ2n) is 7.96. The molecule has 162 valence electrons. The third-order valence-electron chi connectivity index (χ3n) is 5.76. The van der Waals surface area contributed by atoms with Crippen molar-refractivity contribution in [3.63, 3.8) is 0 Å². The van der Waals surface area contributed by atoms with Crippen molar-refractivity contribution in [2.45, 2.75) is 18.9 Å². The summed E-state index contributed by atoms with van der Waals surface area (Å²) in [5.74, 6) is 0.316. The Hall–Kier alpha value is -3.58. The Morgan fingerprint density at radius 3 is 2.88 bits per heavy atom. The molecule has 0 bridgehead atoms. The molecule has 6 nitrogen and oxygen atoms in total. The number of hydrogen-bond donors (Lipinski definition) is 0. The minimum absolute atomic E-state index is 0.173. The molecule has 1 fully saturated rings. The van der Waals surface area contributed by atoms with Crippen LogP contribution in [0.2, 0.25) is 0 Å².